The lowest BCUT2D eigenvalue weighted by Crippen LogP contribution is -1.96. The van der Waals surface area contributed by atoms with E-state index in [-0.39, 0.29) is 5.78 Å². The maximum absolute atomic E-state index is 11.5. The summed E-state index contributed by atoms with van der Waals surface area (Å²) in [6, 6.07) is 7.91. The van der Waals surface area contributed by atoms with Gasteiger partial charge < -0.3 is 0 Å². The summed E-state index contributed by atoms with van der Waals surface area (Å²) in [6.45, 7) is 6.22. The van der Waals surface area contributed by atoms with Gasteiger partial charge in [-0.1, -0.05) is 44.2 Å². The Kier molecular flexibility index (Phi) is 4.29. The van der Waals surface area contributed by atoms with Crippen molar-refractivity contribution in [2.24, 2.45) is 0 Å². The number of carbonyl (C=O) groups excluding carboxylic acids is 1. The van der Waals surface area contributed by atoms with Crippen LogP contribution in [0.25, 0.3) is 0 Å². The maximum Gasteiger partial charge on any atom is 0.185 e. The highest BCUT2D eigenvalue weighted by molar-refractivity contribution is 6.04. The highest BCUT2D eigenvalue weighted by Gasteiger charge is 2.04. The molecular formula is C14H18O. The quantitative estimate of drug-likeness (QED) is 0.533. The highest BCUT2D eigenvalue weighted by atomic mass is 16.1. The Balaban J connectivity index is 2.85. The normalized spacial score (nSPS) is 13.0. The van der Waals surface area contributed by atoms with Crippen LogP contribution >= 0.6 is 0 Å². The highest BCUT2D eigenvalue weighted by Crippen LogP contribution is 2.18. The lowest BCUT2D eigenvalue weighted by atomic mass is 9.97. The summed E-state index contributed by atoms with van der Waals surface area (Å²) in [5, 5.41) is 0. The first-order valence-corrected chi connectivity index (χ1v) is 5.46. The van der Waals surface area contributed by atoms with Crippen LogP contribution in [0.3, 0.4) is 0 Å². The van der Waals surface area contributed by atoms with Gasteiger partial charge in [0.05, 0.1) is 0 Å². The molecule has 0 spiro atoms. The molecule has 1 nitrogen and oxygen atoms in total. The van der Waals surface area contributed by atoms with Gasteiger partial charge in [0.1, 0.15) is 0 Å². The molecule has 1 atom stereocenters. The van der Waals surface area contributed by atoms with Gasteiger partial charge in [0.2, 0.25) is 0 Å². The second-order valence-electron chi connectivity index (χ2n) is 3.80. The zero-order chi connectivity index (χ0) is 11.3. The minimum atomic E-state index is 0.0770. The molecule has 0 saturated carbocycles. The van der Waals surface area contributed by atoms with Crippen LogP contribution in [0.2, 0.25) is 0 Å². The van der Waals surface area contributed by atoms with Crippen LogP contribution in [0.1, 0.15) is 49.0 Å². The van der Waals surface area contributed by atoms with E-state index >= 15 is 0 Å². The predicted molar refractivity (Wildman–Crippen MR) is 64.3 cm³/mol. The van der Waals surface area contributed by atoms with E-state index in [0.717, 1.165) is 12.0 Å². The molecule has 0 fully saturated rings. The molecule has 1 aromatic carbocycles. The van der Waals surface area contributed by atoms with Gasteiger partial charge in [0, 0.05) is 5.56 Å². The molecule has 0 aromatic heterocycles. The van der Waals surface area contributed by atoms with Crippen molar-refractivity contribution < 1.29 is 4.79 Å². The third-order valence-electron chi connectivity index (χ3n) is 2.69. The Morgan fingerprint density at radius 2 is 1.93 bits per heavy atom. The van der Waals surface area contributed by atoms with Gasteiger partial charge in [0.15, 0.2) is 5.78 Å². The summed E-state index contributed by atoms with van der Waals surface area (Å²) in [7, 11) is 0. The zero-order valence-electron chi connectivity index (χ0n) is 9.66. The molecule has 0 aliphatic carbocycles. The summed E-state index contributed by atoms with van der Waals surface area (Å²) in [4.78, 5) is 11.5. The number of hydrogen-bond acceptors (Lipinski definition) is 1. The fraction of sp³-hybridized carbons (Fsp3) is 0.357. The van der Waals surface area contributed by atoms with Gasteiger partial charge in [-0.3, -0.25) is 4.79 Å². The second kappa shape index (κ2) is 5.50. The van der Waals surface area contributed by atoms with E-state index in [4.69, 9.17) is 0 Å². The predicted octanol–water partition coefficient (Wildman–Crippen LogP) is 3.96. The minimum absolute atomic E-state index is 0.0770. The minimum Gasteiger partial charge on any atom is -0.289 e. The van der Waals surface area contributed by atoms with Crippen molar-refractivity contribution in [2.75, 3.05) is 0 Å². The largest absolute Gasteiger partial charge is 0.289 e. The fourth-order valence-corrected chi connectivity index (χ4v) is 1.46. The third-order valence-corrected chi connectivity index (χ3v) is 2.69. The second-order valence-corrected chi connectivity index (χ2v) is 3.80. The molecule has 15 heavy (non-hydrogen) atoms. The van der Waals surface area contributed by atoms with Crippen LogP contribution < -0.4 is 0 Å². The first kappa shape index (κ1) is 11.7. The molecule has 0 N–H and O–H groups in total. The van der Waals surface area contributed by atoms with E-state index < -0.39 is 0 Å². The van der Waals surface area contributed by atoms with Crippen molar-refractivity contribution in [1.82, 2.24) is 0 Å². The summed E-state index contributed by atoms with van der Waals surface area (Å²) in [6.07, 6.45) is 4.49. The standard InChI is InChI=1S/C14H18O/c1-4-6-14(15)13-9-7-12(8-10-13)11(3)5-2/h4,6-11H,5H2,1-3H3/b6-4+. The number of allylic oxidation sites excluding steroid dienone is 2. The van der Waals surface area contributed by atoms with Gasteiger partial charge in [-0.25, -0.2) is 0 Å². The van der Waals surface area contributed by atoms with E-state index in [2.05, 4.69) is 13.8 Å². The number of carbonyl (C=O) groups is 1. The summed E-state index contributed by atoms with van der Waals surface area (Å²) in [5.41, 5.74) is 2.06. The topological polar surface area (TPSA) is 17.1 Å². The van der Waals surface area contributed by atoms with E-state index in [1.54, 1.807) is 12.2 Å². The Hall–Kier alpha value is -1.37. The van der Waals surface area contributed by atoms with Crippen molar-refractivity contribution in [3.8, 4) is 0 Å². The molecule has 0 heterocycles. The van der Waals surface area contributed by atoms with Crippen LogP contribution in [-0.4, -0.2) is 5.78 Å². The Morgan fingerprint density at radius 1 is 1.33 bits per heavy atom. The van der Waals surface area contributed by atoms with Gasteiger partial charge >= 0.3 is 0 Å². The zero-order valence-corrected chi connectivity index (χ0v) is 9.66. The van der Waals surface area contributed by atoms with E-state index in [1.165, 1.54) is 5.56 Å². The molecule has 0 aliphatic rings. The first-order chi connectivity index (χ1) is 7.19. The molecule has 1 unspecified atom stereocenters. The molecule has 1 rings (SSSR count). The third kappa shape index (κ3) is 3.05. The Morgan fingerprint density at radius 3 is 2.40 bits per heavy atom. The average molecular weight is 202 g/mol. The lowest BCUT2D eigenvalue weighted by molar-refractivity contribution is 0.104. The average Bonchev–Trinajstić information content (AvgIpc) is 2.28. The summed E-state index contributed by atoms with van der Waals surface area (Å²) in [5.74, 6) is 0.643. The van der Waals surface area contributed by atoms with Crippen LogP contribution in [0.4, 0.5) is 0 Å². The molecule has 0 aliphatic heterocycles. The van der Waals surface area contributed by atoms with Gasteiger partial charge in [-0.05, 0) is 30.9 Å². The molecule has 1 aromatic rings. The van der Waals surface area contributed by atoms with Crippen LogP contribution in [-0.2, 0) is 0 Å². The SMILES string of the molecule is C/C=C/C(=O)c1ccc(C(C)CC)cc1. The molecule has 80 valence electrons. The number of hydrogen-bond donors (Lipinski definition) is 0. The number of rotatable bonds is 4. The molecular weight excluding hydrogens is 184 g/mol. The smallest absolute Gasteiger partial charge is 0.185 e. The lowest BCUT2D eigenvalue weighted by Gasteiger charge is -2.08. The maximum atomic E-state index is 11.5. The van der Waals surface area contributed by atoms with E-state index in [1.807, 2.05) is 31.2 Å². The Labute approximate surface area is 91.8 Å². The molecule has 0 bridgehead atoms. The van der Waals surface area contributed by atoms with Crippen molar-refractivity contribution >= 4 is 5.78 Å². The van der Waals surface area contributed by atoms with Crippen LogP contribution in [0.15, 0.2) is 36.4 Å². The fourth-order valence-electron chi connectivity index (χ4n) is 1.46. The van der Waals surface area contributed by atoms with Crippen LogP contribution in [0, 0.1) is 0 Å². The molecule has 0 amide bonds. The van der Waals surface area contributed by atoms with Crippen molar-refractivity contribution in [2.45, 2.75) is 33.1 Å². The van der Waals surface area contributed by atoms with Gasteiger partial charge in [0.25, 0.3) is 0 Å². The van der Waals surface area contributed by atoms with Crippen molar-refractivity contribution in [3.05, 3.63) is 47.5 Å². The summed E-state index contributed by atoms with van der Waals surface area (Å²) < 4.78 is 0. The number of ketones is 1. The first-order valence-electron chi connectivity index (χ1n) is 5.46. The monoisotopic (exact) mass is 202 g/mol. The molecule has 1 heteroatoms. The van der Waals surface area contributed by atoms with Crippen molar-refractivity contribution in [1.29, 1.82) is 0 Å². The number of benzene rings is 1. The Bertz CT molecular complexity index is 346. The molecule has 0 radical (unpaired) electrons. The summed E-state index contributed by atoms with van der Waals surface area (Å²) >= 11 is 0. The van der Waals surface area contributed by atoms with Crippen LogP contribution in [0.5, 0.6) is 0 Å². The van der Waals surface area contributed by atoms with Gasteiger partial charge in [-0.15, -0.1) is 0 Å². The molecule has 0 saturated heterocycles. The van der Waals surface area contributed by atoms with Gasteiger partial charge in [-0.2, -0.15) is 0 Å². The van der Waals surface area contributed by atoms with E-state index in [9.17, 15) is 4.79 Å². The van der Waals surface area contributed by atoms with Crippen molar-refractivity contribution in [3.63, 3.8) is 0 Å². The van der Waals surface area contributed by atoms with E-state index in [0.29, 0.717) is 5.92 Å².